The van der Waals surface area contributed by atoms with Crippen molar-refractivity contribution < 1.29 is 18.3 Å². The number of methoxy groups -OCH3 is 1. The summed E-state index contributed by atoms with van der Waals surface area (Å²) in [6.07, 6.45) is 3.43. The van der Waals surface area contributed by atoms with Gasteiger partial charge >= 0.3 is 0 Å². The van der Waals surface area contributed by atoms with Gasteiger partial charge in [0.15, 0.2) is 0 Å². The number of carbonyl (C=O) groups excluding carboxylic acids is 1. The lowest BCUT2D eigenvalue weighted by molar-refractivity contribution is -0.117. The Morgan fingerprint density at radius 1 is 1.22 bits per heavy atom. The highest BCUT2D eigenvalue weighted by Crippen LogP contribution is 2.38. The predicted octanol–water partition coefficient (Wildman–Crippen LogP) is 3.94. The van der Waals surface area contributed by atoms with Gasteiger partial charge in [-0.2, -0.15) is 5.10 Å². The summed E-state index contributed by atoms with van der Waals surface area (Å²) in [6.45, 7) is 0.271. The van der Waals surface area contributed by atoms with Gasteiger partial charge in [-0.3, -0.25) is 14.5 Å². The Balaban J connectivity index is 1.63. The Hall–Kier alpha value is -3.75. The molecule has 1 saturated carbocycles. The number of nitrogens with zero attached hydrogens (tertiary/aromatic N) is 3. The molecule has 7 nitrogen and oxygen atoms in total. The number of aryl methyl sites for hydroxylation is 1. The lowest BCUT2D eigenvalue weighted by atomic mass is 9.96. The van der Waals surface area contributed by atoms with Gasteiger partial charge in [-0.25, -0.2) is 8.78 Å². The monoisotopic (exact) mass is 437 g/mol. The molecule has 3 aromatic rings. The Morgan fingerprint density at radius 3 is 2.66 bits per heavy atom. The molecule has 1 aliphatic heterocycles. The minimum absolute atomic E-state index is 0.0240. The van der Waals surface area contributed by atoms with E-state index in [-0.39, 0.29) is 29.8 Å². The maximum Gasteiger partial charge on any atom is 0.227 e. The Kier molecular flexibility index (Phi) is 4.88. The molecular formula is C23H21F2N5O2. The van der Waals surface area contributed by atoms with Gasteiger partial charge in [0.25, 0.3) is 0 Å². The van der Waals surface area contributed by atoms with Crippen molar-refractivity contribution in [3.63, 3.8) is 0 Å². The summed E-state index contributed by atoms with van der Waals surface area (Å²) < 4.78 is 36.1. The zero-order chi connectivity index (χ0) is 22.4. The number of aliphatic imine (C=N–C) groups is 1. The SMILES string of the molecule is COc1cc2c(cc1NC(=O)C1CC1)C(c1cn(C)nc1-c1c(F)cccc1F)=NCN2. The first-order valence-electron chi connectivity index (χ1n) is 10.3. The van der Waals surface area contributed by atoms with Crippen molar-refractivity contribution in [2.75, 3.05) is 24.4 Å². The molecule has 0 bridgehead atoms. The largest absolute Gasteiger partial charge is 0.494 e. The highest BCUT2D eigenvalue weighted by Gasteiger charge is 2.31. The van der Waals surface area contributed by atoms with Gasteiger partial charge in [-0.15, -0.1) is 0 Å². The summed E-state index contributed by atoms with van der Waals surface area (Å²) in [4.78, 5) is 16.9. The highest BCUT2D eigenvalue weighted by atomic mass is 19.1. The highest BCUT2D eigenvalue weighted by molar-refractivity contribution is 6.20. The van der Waals surface area contributed by atoms with Gasteiger partial charge in [0.2, 0.25) is 5.91 Å². The number of carbonyl (C=O) groups is 1. The molecular weight excluding hydrogens is 416 g/mol. The molecule has 1 aliphatic carbocycles. The molecule has 2 aliphatic rings. The van der Waals surface area contributed by atoms with E-state index in [4.69, 9.17) is 4.74 Å². The molecule has 1 aromatic heterocycles. The van der Waals surface area contributed by atoms with E-state index in [9.17, 15) is 13.6 Å². The molecule has 5 rings (SSSR count). The maximum atomic E-state index is 14.6. The van der Waals surface area contributed by atoms with Gasteiger partial charge in [0.1, 0.15) is 29.7 Å². The molecule has 2 heterocycles. The smallest absolute Gasteiger partial charge is 0.227 e. The summed E-state index contributed by atoms with van der Waals surface area (Å²) in [5.74, 6) is -0.923. The number of ether oxygens (including phenoxy) is 1. The van der Waals surface area contributed by atoms with Gasteiger partial charge in [0, 0.05) is 42.0 Å². The van der Waals surface area contributed by atoms with Crippen molar-refractivity contribution in [2.45, 2.75) is 12.8 Å². The van der Waals surface area contributed by atoms with Crippen LogP contribution in [0.4, 0.5) is 20.2 Å². The summed E-state index contributed by atoms with van der Waals surface area (Å²) >= 11 is 0. The first-order chi connectivity index (χ1) is 15.5. The lowest BCUT2D eigenvalue weighted by Gasteiger charge is -2.22. The van der Waals surface area contributed by atoms with Gasteiger partial charge in [0.05, 0.1) is 24.1 Å². The third-order valence-corrected chi connectivity index (χ3v) is 5.59. The number of hydrogen-bond acceptors (Lipinski definition) is 5. The van der Waals surface area contributed by atoms with Crippen LogP contribution in [0, 0.1) is 17.6 Å². The first-order valence-corrected chi connectivity index (χ1v) is 10.3. The van der Waals surface area contributed by atoms with E-state index in [1.165, 1.54) is 30.0 Å². The maximum absolute atomic E-state index is 14.6. The van der Waals surface area contributed by atoms with Crippen LogP contribution in [0.2, 0.25) is 0 Å². The molecule has 0 saturated heterocycles. The lowest BCUT2D eigenvalue weighted by Crippen LogP contribution is -2.19. The van der Waals surface area contributed by atoms with Crippen LogP contribution in [-0.4, -0.2) is 35.2 Å². The third-order valence-electron chi connectivity index (χ3n) is 5.59. The fraction of sp³-hybridized carbons (Fsp3) is 0.261. The summed E-state index contributed by atoms with van der Waals surface area (Å²) in [7, 11) is 3.22. The number of hydrogen-bond donors (Lipinski definition) is 2. The minimum Gasteiger partial charge on any atom is -0.494 e. The Morgan fingerprint density at radius 2 is 1.97 bits per heavy atom. The van der Waals surface area contributed by atoms with Crippen molar-refractivity contribution in [1.82, 2.24) is 9.78 Å². The topological polar surface area (TPSA) is 80.5 Å². The van der Waals surface area contributed by atoms with E-state index >= 15 is 0 Å². The Bertz CT molecular complexity index is 1240. The average Bonchev–Trinajstić information content (AvgIpc) is 3.56. The standard InChI is InChI=1S/C23H21F2N5O2/c1-30-10-14(22(29-30)20-15(24)4-3-5-16(20)25)21-13-8-18(28-23(31)12-6-7-12)19(32-2)9-17(13)26-11-27-21/h3-5,8-10,12,26H,6-7,11H2,1-2H3,(H,28,31). The minimum atomic E-state index is -0.702. The molecule has 0 radical (unpaired) electrons. The molecule has 1 fully saturated rings. The second kappa shape index (κ2) is 7.74. The van der Waals surface area contributed by atoms with Crippen LogP contribution < -0.4 is 15.4 Å². The van der Waals surface area contributed by atoms with Crippen molar-refractivity contribution in [3.05, 3.63) is 59.3 Å². The average molecular weight is 437 g/mol. The predicted molar refractivity (Wildman–Crippen MR) is 117 cm³/mol. The fourth-order valence-corrected chi connectivity index (χ4v) is 3.86. The van der Waals surface area contributed by atoms with E-state index in [2.05, 4.69) is 20.7 Å². The molecule has 0 unspecified atom stereocenters. The van der Waals surface area contributed by atoms with Crippen LogP contribution in [0.5, 0.6) is 5.75 Å². The number of fused-ring (bicyclic) bond motifs is 1. The van der Waals surface area contributed by atoms with E-state index in [0.717, 1.165) is 18.5 Å². The van der Waals surface area contributed by atoms with E-state index in [1.54, 1.807) is 25.4 Å². The fourth-order valence-electron chi connectivity index (χ4n) is 3.86. The first kappa shape index (κ1) is 20.2. The second-order valence-electron chi connectivity index (χ2n) is 7.86. The molecule has 0 atom stereocenters. The number of nitrogens with one attached hydrogen (secondary N) is 2. The number of aromatic nitrogens is 2. The molecule has 9 heteroatoms. The van der Waals surface area contributed by atoms with Crippen molar-refractivity contribution in [3.8, 4) is 17.0 Å². The number of amides is 1. The molecule has 164 valence electrons. The van der Waals surface area contributed by atoms with Crippen molar-refractivity contribution in [1.29, 1.82) is 0 Å². The molecule has 0 spiro atoms. The van der Waals surface area contributed by atoms with Gasteiger partial charge in [-0.1, -0.05) is 6.07 Å². The van der Waals surface area contributed by atoms with Crippen molar-refractivity contribution in [2.24, 2.45) is 18.0 Å². The summed E-state index contributed by atoms with van der Waals surface area (Å²) in [5, 5.41) is 10.4. The Labute approximate surface area is 183 Å². The normalized spacial score (nSPS) is 14.9. The quantitative estimate of drug-likeness (QED) is 0.634. The summed E-state index contributed by atoms with van der Waals surface area (Å²) in [6, 6.07) is 7.27. The van der Waals surface area contributed by atoms with Crippen LogP contribution in [0.1, 0.15) is 24.0 Å². The van der Waals surface area contributed by atoms with Crippen LogP contribution in [-0.2, 0) is 11.8 Å². The van der Waals surface area contributed by atoms with E-state index < -0.39 is 11.6 Å². The van der Waals surface area contributed by atoms with Crippen LogP contribution in [0.3, 0.4) is 0 Å². The molecule has 1 amide bonds. The van der Waals surface area contributed by atoms with Gasteiger partial charge in [-0.05, 0) is 31.0 Å². The molecule has 32 heavy (non-hydrogen) atoms. The van der Waals surface area contributed by atoms with Crippen molar-refractivity contribution >= 4 is 23.0 Å². The van der Waals surface area contributed by atoms with E-state index in [1.807, 2.05) is 0 Å². The number of rotatable bonds is 5. The van der Waals surface area contributed by atoms with E-state index in [0.29, 0.717) is 28.3 Å². The van der Waals surface area contributed by atoms with Crippen LogP contribution >= 0.6 is 0 Å². The van der Waals surface area contributed by atoms with Crippen LogP contribution in [0.15, 0.2) is 41.5 Å². The zero-order valence-electron chi connectivity index (χ0n) is 17.6. The number of anilines is 2. The second-order valence-corrected chi connectivity index (χ2v) is 7.86. The molecule has 2 N–H and O–H groups in total. The molecule has 2 aromatic carbocycles. The van der Waals surface area contributed by atoms with Gasteiger partial charge < -0.3 is 15.4 Å². The van der Waals surface area contributed by atoms with Crippen LogP contribution in [0.25, 0.3) is 11.3 Å². The number of benzene rings is 2. The summed E-state index contributed by atoms with van der Waals surface area (Å²) in [5.41, 5.74) is 2.89. The number of halogens is 2. The third kappa shape index (κ3) is 3.49. The zero-order valence-corrected chi connectivity index (χ0v) is 17.6.